The van der Waals surface area contributed by atoms with Crippen LogP contribution in [0.1, 0.15) is 32.8 Å². The fourth-order valence-electron chi connectivity index (χ4n) is 2.01. The molecule has 1 N–H and O–H groups in total. The second kappa shape index (κ2) is 7.90. The Morgan fingerprint density at radius 2 is 2.05 bits per heavy atom. The highest BCUT2D eigenvalue weighted by atomic mass is 16.5. The van der Waals surface area contributed by atoms with Gasteiger partial charge in [-0.25, -0.2) is 0 Å². The van der Waals surface area contributed by atoms with Crippen molar-refractivity contribution in [2.45, 2.75) is 45.8 Å². The average molecular weight is 279 g/mol. The Kier molecular flexibility index (Phi) is 6.52. The molecule has 0 bridgehead atoms. The van der Waals surface area contributed by atoms with E-state index in [1.807, 2.05) is 33.0 Å². The van der Waals surface area contributed by atoms with Gasteiger partial charge in [0.05, 0.1) is 12.5 Å². The molecule has 4 nitrogen and oxygen atoms in total. The third-order valence-corrected chi connectivity index (χ3v) is 3.23. The van der Waals surface area contributed by atoms with Gasteiger partial charge in [0.2, 0.25) is 0 Å². The molecule has 0 spiro atoms. The quantitative estimate of drug-likeness (QED) is 0.795. The van der Waals surface area contributed by atoms with E-state index >= 15 is 0 Å². The second-order valence-corrected chi connectivity index (χ2v) is 5.49. The smallest absolute Gasteiger partial charge is 0.304 e. The number of rotatable bonds is 8. The van der Waals surface area contributed by atoms with Crippen molar-refractivity contribution in [3.63, 3.8) is 0 Å². The molecule has 0 amide bonds. The SMILES string of the molecule is CC(C)Oc1cccc(CC(C)N(C)CCC(=O)O)c1. The van der Waals surface area contributed by atoms with Gasteiger partial charge < -0.3 is 14.7 Å². The van der Waals surface area contributed by atoms with E-state index in [0.717, 1.165) is 12.2 Å². The molecule has 0 fully saturated rings. The summed E-state index contributed by atoms with van der Waals surface area (Å²) in [6.07, 6.45) is 1.23. The number of hydrogen-bond donors (Lipinski definition) is 1. The highest BCUT2D eigenvalue weighted by Crippen LogP contribution is 2.17. The van der Waals surface area contributed by atoms with Crippen molar-refractivity contribution < 1.29 is 14.6 Å². The molecule has 1 aromatic carbocycles. The van der Waals surface area contributed by atoms with Crippen LogP contribution in [0.2, 0.25) is 0 Å². The number of nitrogens with zero attached hydrogens (tertiary/aromatic N) is 1. The first-order valence-electron chi connectivity index (χ1n) is 7.06. The van der Waals surface area contributed by atoms with Crippen LogP contribution in [0.3, 0.4) is 0 Å². The fourth-order valence-corrected chi connectivity index (χ4v) is 2.01. The minimum Gasteiger partial charge on any atom is -0.491 e. The largest absolute Gasteiger partial charge is 0.491 e. The van der Waals surface area contributed by atoms with Crippen molar-refractivity contribution in [1.82, 2.24) is 4.90 Å². The van der Waals surface area contributed by atoms with E-state index < -0.39 is 5.97 Å². The minimum absolute atomic E-state index is 0.168. The van der Waals surface area contributed by atoms with Gasteiger partial charge in [-0.05, 0) is 51.9 Å². The predicted molar refractivity (Wildman–Crippen MR) is 80.3 cm³/mol. The third kappa shape index (κ3) is 6.06. The number of benzene rings is 1. The zero-order valence-electron chi connectivity index (χ0n) is 12.8. The summed E-state index contributed by atoms with van der Waals surface area (Å²) in [5.74, 6) is 0.134. The molecule has 112 valence electrons. The normalized spacial score (nSPS) is 12.7. The molecule has 0 aliphatic rings. The van der Waals surface area contributed by atoms with Crippen LogP contribution in [0.5, 0.6) is 5.75 Å². The van der Waals surface area contributed by atoms with E-state index in [2.05, 4.69) is 24.0 Å². The maximum atomic E-state index is 10.6. The molecule has 0 saturated carbocycles. The first kappa shape index (κ1) is 16.5. The topological polar surface area (TPSA) is 49.8 Å². The molecule has 0 saturated heterocycles. The summed E-state index contributed by atoms with van der Waals surface area (Å²) in [7, 11) is 1.96. The molecule has 4 heteroatoms. The van der Waals surface area contributed by atoms with Crippen molar-refractivity contribution in [3.8, 4) is 5.75 Å². The Bertz CT molecular complexity index is 431. The molecule has 0 aliphatic heterocycles. The lowest BCUT2D eigenvalue weighted by Gasteiger charge is -2.24. The van der Waals surface area contributed by atoms with Crippen LogP contribution in [-0.4, -0.2) is 41.7 Å². The molecule has 0 heterocycles. The molecular weight excluding hydrogens is 254 g/mol. The lowest BCUT2D eigenvalue weighted by molar-refractivity contribution is -0.137. The van der Waals surface area contributed by atoms with Crippen LogP contribution in [0.4, 0.5) is 0 Å². The number of likely N-dealkylation sites (N-methyl/N-ethyl adjacent to an activating group) is 1. The highest BCUT2D eigenvalue weighted by Gasteiger charge is 2.12. The van der Waals surface area contributed by atoms with Crippen LogP contribution in [0, 0.1) is 0 Å². The highest BCUT2D eigenvalue weighted by molar-refractivity contribution is 5.66. The van der Waals surface area contributed by atoms with Gasteiger partial charge in [0, 0.05) is 12.6 Å². The van der Waals surface area contributed by atoms with Crippen molar-refractivity contribution >= 4 is 5.97 Å². The van der Waals surface area contributed by atoms with Gasteiger partial charge in [0.1, 0.15) is 5.75 Å². The summed E-state index contributed by atoms with van der Waals surface area (Å²) in [5, 5.41) is 8.71. The maximum Gasteiger partial charge on any atom is 0.304 e. The second-order valence-electron chi connectivity index (χ2n) is 5.49. The summed E-state index contributed by atoms with van der Waals surface area (Å²) >= 11 is 0. The van der Waals surface area contributed by atoms with Crippen LogP contribution < -0.4 is 4.74 Å². The van der Waals surface area contributed by atoms with E-state index in [-0.39, 0.29) is 12.5 Å². The molecule has 0 aliphatic carbocycles. The van der Waals surface area contributed by atoms with Gasteiger partial charge in [-0.3, -0.25) is 4.79 Å². The van der Waals surface area contributed by atoms with Crippen molar-refractivity contribution in [2.24, 2.45) is 0 Å². The summed E-state index contributed by atoms with van der Waals surface area (Å²) < 4.78 is 5.68. The average Bonchev–Trinajstić information content (AvgIpc) is 2.35. The van der Waals surface area contributed by atoms with E-state index in [9.17, 15) is 4.79 Å². The summed E-state index contributed by atoms with van der Waals surface area (Å²) in [6.45, 7) is 6.69. The molecule has 1 atom stereocenters. The number of carboxylic acid groups (broad SMARTS) is 1. The maximum absolute atomic E-state index is 10.6. The monoisotopic (exact) mass is 279 g/mol. The van der Waals surface area contributed by atoms with Gasteiger partial charge in [-0.2, -0.15) is 0 Å². The first-order valence-corrected chi connectivity index (χ1v) is 7.06. The van der Waals surface area contributed by atoms with E-state index in [1.54, 1.807) is 0 Å². The number of hydrogen-bond acceptors (Lipinski definition) is 3. The number of aliphatic carboxylic acids is 1. The third-order valence-electron chi connectivity index (χ3n) is 3.23. The van der Waals surface area contributed by atoms with Gasteiger partial charge in [0.25, 0.3) is 0 Å². The Labute approximate surface area is 121 Å². The minimum atomic E-state index is -0.753. The number of ether oxygens (including phenoxy) is 1. The van der Waals surface area contributed by atoms with Gasteiger partial charge in [-0.15, -0.1) is 0 Å². The molecule has 20 heavy (non-hydrogen) atoms. The molecule has 0 aromatic heterocycles. The van der Waals surface area contributed by atoms with Crippen molar-refractivity contribution in [3.05, 3.63) is 29.8 Å². The molecule has 0 radical (unpaired) electrons. The van der Waals surface area contributed by atoms with Gasteiger partial charge >= 0.3 is 5.97 Å². The molecule has 1 rings (SSSR count). The van der Waals surface area contributed by atoms with E-state index in [0.29, 0.717) is 12.6 Å². The van der Waals surface area contributed by atoms with Crippen LogP contribution in [0.15, 0.2) is 24.3 Å². The van der Waals surface area contributed by atoms with Crippen LogP contribution in [-0.2, 0) is 11.2 Å². The summed E-state index contributed by atoms with van der Waals surface area (Å²) in [6, 6.07) is 8.39. The van der Waals surface area contributed by atoms with E-state index in [4.69, 9.17) is 9.84 Å². The zero-order chi connectivity index (χ0) is 15.1. The Hall–Kier alpha value is -1.55. The number of carboxylic acids is 1. The Morgan fingerprint density at radius 3 is 2.65 bits per heavy atom. The fraction of sp³-hybridized carbons (Fsp3) is 0.562. The van der Waals surface area contributed by atoms with Crippen LogP contribution in [0.25, 0.3) is 0 Å². The summed E-state index contributed by atoms with van der Waals surface area (Å²) in [4.78, 5) is 12.7. The van der Waals surface area contributed by atoms with E-state index in [1.165, 1.54) is 5.56 Å². The Balaban J connectivity index is 2.56. The summed E-state index contributed by atoms with van der Waals surface area (Å²) in [5.41, 5.74) is 1.21. The standard InChI is InChI=1S/C16H25NO3/c1-12(2)20-15-7-5-6-14(11-15)10-13(3)17(4)9-8-16(18)19/h5-7,11-13H,8-10H2,1-4H3,(H,18,19). The first-order chi connectivity index (χ1) is 9.38. The van der Waals surface area contributed by atoms with Crippen molar-refractivity contribution in [2.75, 3.05) is 13.6 Å². The van der Waals surface area contributed by atoms with Crippen LogP contribution >= 0.6 is 0 Å². The van der Waals surface area contributed by atoms with Gasteiger partial charge in [0.15, 0.2) is 0 Å². The molecule has 1 unspecified atom stereocenters. The van der Waals surface area contributed by atoms with Gasteiger partial charge in [-0.1, -0.05) is 12.1 Å². The lowest BCUT2D eigenvalue weighted by Crippen LogP contribution is -2.32. The van der Waals surface area contributed by atoms with Crippen molar-refractivity contribution in [1.29, 1.82) is 0 Å². The Morgan fingerprint density at radius 1 is 1.35 bits per heavy atom. The lowest BCUT2D eigenvalue weighted by atomic mass is 10.1. The zero-order valence-corrected chi connectivity index (χ0v) is 12.8. The predicted octanol–water partition coefficient (Wildman–Crippen LogP) is 2.81. The number of carbonyl (C=O) groups is 1. The molecular formula is C16H25NO3. The molecule has 1 aromatic rings.